The molecule has 1 aliphatic rings. The van der Waals surface area contributed by atoms with Gasteiger partial charge in [-0.15, -0.1) is 0 Å². The molecule has 1 aromatic carbocycles. The standard InChI is InChI=1S/C27H36N4O5/c1-27(2,3)30-26(34)25(19-10-12-20(35-4)13-11-19)31(18-21-8-7-17-36-21)24(33)15-14-23(32)29-22-9-5-6-16-28-22/h5-6,9-13,16,21,25H,7-8,14-15,17-18H2,1-4H3,(H,30,34)(H,28,29,32). The number of anilines is 1. The third kappa shape index (κ3) is 8.05. The minimum absolute atomic E-state index is 0.0341. The number of hydrogen-bond donors (Lipinski definition) is 2. The number of pyridine rings is 1. The lowest BCUT2D eigenvalue weighted by molar-refractivity contribution is -0.143. The van der Waals surface area contributed by atoms with Gasteiger partial charge in [0.2, 0.25) is 17.7 Å². The maximum absolute atomic E-state index is 13.6. The highest BCUT2D eigenvalue weighted by Gasteiger charge is 2.35. The second-order valence-corrected chi connectivity index (χ2v) is 9.86. The van der Waals surface area contributed by atoms with E-state index in [-0.39, 0.29) is 43.2 Å². The van der Waals surface area contributed by atoms with Gasteiger partial charge >= 0.3 is 0 Å². The Bertz CT molecular complexity index is 1010. The molecule has 1 fully saturated rings. The average molecular weight is 497 g/mol. The van der Waals surface area contributed by atoms with Gasteiger partial charge in [0, 0.05) is 37.7 Å². The molecular weight excluding hydrogens is 460 g/mol. The van der Waals surface area contributed by atoms with Gasteiger partial charge in [-0.2, -0.15) is 0 Å². The fourth-order valence-corrected chi connectivity index (χ4v) is 4.06. The topological polar surface area (TPSA) is 110 Å². The van der Waals surface area contributed by atoms with Crippen molar-refractivity contribution in [1.82, 2.24) is 15.2 Å². The van der Waals surface area contributed by atoms with Crippen molar-refractivity contribution < 1.29 is 23.9 Å². The first kappa shape index (κ1) is 27.1. The van der Waals surface area contributed by atoms with Gasteiger partial charge < -0.3 is 25.0 Å². The van der Waals surface area contributed by atoms with Crippen molar-refractivity contribution in [2.24, 2.45) is 0 Å². The Hall–Kier alpha value is -3.46. The van der Waals surface area contributed by atoms with Crippen LogP contribution in [0.4, 0.5) is 5.82 Å². The van der Waals surface area contributed by atoms with E-state index in [1.807, 2.05) is 20.8 Å². The van der Waals surface area contributed by atoms with Crippen LogP contribution in [0, 0.1) is 0 Å². The predicted octanol–water partition coefficient (Wildman–Crippen LogP) is 3.47. The molecule has 9 nitrogen and oxygen atoms in total. The fourth-order valence-electron chi connectivity index (χ4n) is 4.06. The molecule has 3 rings (SSSR count). The number of ether oxygens (including phenoxy) is 2. The summed E-state index contributed by atoms with van der Waals surface area (Å²) >= 11 is 0. The molecule has 0 radical (unpaired) electrons. The normalized spacial score (nSPS) is 16.2. The van der Waals surface area contributed by atoms with Gasteiger partial charge in [-0.25, -0.2) is 4.98 Å². The summed E-state index contributed by atoms with van der Waals surface area (Å²) in [5.74, 6) is 0.159. The van der Waals surface area contributed by atoms with Crippen LogP contribution < -0.4 is 15.4 Å². The molecule has 1 saturated heterocycles. The van der Waals surface area contributed by atoms with Crippen LogP contribution in [0.15, 0.2) is 48.7 Å². The zero-order valence-corrected chi connectivity index (χ0v) is 21.5. The number of hydrogen-bond acceptors (Lipinski definition) is 6. The van der Waals surface area contributed by atoms with Gasteiger partial charge in [-0.3, -0.25) is 14.4 Å². The van der Waals surface area contributed by atoms with Crippen molar-refractivity contribution >= 4 is 23.5 Å². The Morgan fingerprint density at radius 1 is 1.14 bits per heavy atom. The highest BCUT2D eigenvalue weighted by molar-refractivity contribution is 5.94. The minimum atomic E-state index is -0.884. The summed E-state index contributed by atoms with van der Waals surface area (Å²) < 4.78 is 11.1. The molecule has 1 aliphatic heterocycles. The number of carbonyl (C=O) groups excluding carboxylic acids is 3. The van der Waals surface area contributed by atoms with E-state index in [9.17, 15) is 14.4 Å². The quantitative estimate of drug-likeness (QED) is 0.521. The average Bonchev–Trinajstić information content (AvgIpc) is 3.35. The molecule has 2 unspecified atom stereocenters. The van der Waals surface area contributed by atoms with Crippen molar-refractivity contribution in [3.63, 3.8) is 0 Å². The summed E-state index contributed by atoms with van der Waals surface area (Å²) in [6, 6.07) is 11.4. The van der Waals surface area contributed by atoms with E-state index in [1.54, 1.807) is 60.7 Å². The Morgan fingerprint density at radius 3 is 2.47 bits per heavy atom. The molecule has 194 valence electrons. The second-order valence-electron chi connectivity index (χ2n) is 9.86. The summed E-state index contributed by atoms with van der Waals surface area (Å²) in [7, 11) is 1.57. The molecule has 0 bridgehead atoms. The first-order chi connectivity index (χ1) is 17.2. The fraction of sp³-hybridized carbons (Fsp3) is 0.481. The number of benzene rings is 1. The molecule has 0 spiro atoms. The van der Waals surface area contributed by atoms with Gasteiger partial charge in [0.15, 0.2) is 0 Å². The van der Waals surface area contributed by atoms with Crippen LogP contribution in [0.2, 0.25) is 0 Å². The zero-order valence-electron chi connectivity index (χ0n) is 21.5. The molecule has 0 saturated carbocycles. The van der Waals surface area contributed by atoms with Crippen molar-refractivity contribution in [2.45, 2.75) is 64.1 Å². The summed E-state index contributed by atoms with van der Waals surface area (Å²) in [5.41, 5.74) is 0.157. The maximum Gasteiger partial charge on any atom is 0.247 e. The summed E-state index contributed by atoms with van der Waals surface area (Å²) in [6.07, 6.45) is 3.03. The maximum atomic E-state index is 13.6. The highest BCUT2D eigenvalue weighted by Crippen LogP contribution is 2.28. The van der Waals surface area contributed by atoms with Crippen LogP contribution in [0.5, 0.6) is 5.75 Å². The first-order valence-electron chi connectivity index (χ1n) is 12.2. The van der Waals surface area contributed by atoms with Crippen LogP contribution in [0.3, 0.4) is 0 Å². The SMILES string of the molecule is COc1ccc(C(C(=O)NC(C)(C)C)N(CC2CCCO2)C(=O)CCC(=O)Nc2ccccn2)cc1. The number of amides is 3. The van der Waals surface area contributed by atoms with Crippen LogP contribution in [-0.4, -0.2) is 59.5 Å². The molecule has 2 aromatic rings. The zero-order chi connectivity index (χ0) is 26.1. The molecule has 36 heavy (non-hydrogen) atoms. The van der Waals surface area contributed by atoms with Gasteiger partial charge in [0.05, 0.1) is 13.2 Å². The van der Waals surface area contributed by atoms with Crippen LogP contribution >= 0.6 is 0 Å². The smallest absolute Gasteiger partial charge is 0.247 e. The molecule has 2 N–H and O–H groups in total. The van der Waals surface area contributed by atoms with Gasteiger partial charge in [-0.05, 0) is 63.4 Å². The molecular formula is C27H36N4O5. The molecule has 1 aromatic heterocycles. The van der Waals surface area contributed by atoms with Crippen LogP contribution in [-0.2, 0) is 19.1 Å². The van der Waals surface area contributed by atoms with E-state index < -0.39 is 11.6 Å². The van der Waals surface area contributed by atoms with E-state index >= 15 is 0 Å². The summed E-state index contributed by atoms with van der Waals surface area (Å²) in [5, 5.41) is 5.71. The molecule has 2 atom stereocenters. The monoisotopic (exact) mass is 496 g/mol. The molecule has 9 heteroatoms. The molecule has 3 amide bonds. The highest BCUT2D eigenvalue weighted by atomic mass is 16.5. The Morgan fingerprint density at radius 2 is 1.89 bits per heavy atom. The van der Waals surface area contributed by atoms with E-state index in [2.05, 4.69) is 15.6 Å². The number of carbonyl (C=O) groups is 3. The largest absolute Gasteiger partial charge is 0.497 e. The van der Waals surface area contributed by atoms with Crippen LogP contribution in [0.25, 0.3) is 0 Å². The van der Waals surface area contributed by atoms with Gasteiger partial charge in [-0.1, -0.05) is 18.2 Å². The third-order valence-corrected chi connectivity index (χ3v) is 5.73. The lowest BCUT2D eigenvalue weighted by Gasteiger charge is -2.35. The number of methoxy groups -OCH3 is 1. The Labute approximate surface area is 212 Å². The van der Waals surface area contributed by atoms with E-state index in [4.69, 9.17) is 9.47 Å². The van der Waals surface area contributed by atoms with Crippen molar-refractivity contribution in [1.29, 1.82) is 0 Å². The van der Waals surface area contributed by atoms with E-state index in [1.165, 1.54) is 0 Å². The van der Waals surface area contributed by atoms with Gasteiger partial charge in [0.25, 0.3) is 0 Å². The number of aromatic nitrogens is 1. The summed E-state index contributed by atoms with van der Waals surface area (Å²) in [6.45, 7) is 6.56. The van der Waals surface area contributed by atoms with Crippen LogP contribution in [0.1, 0.15) is 58.1 Å². The first-order valence-corrected chi connectivity index (χ1v) is 12.2. The lowest BCUT2D eigenvalue weighted by Crippen LogP contribution is -2.50. The number of nitrogens with zero attached hydrogens (tertiary/aromatic N) is 2. The van der Waals surface area contributed by atoms with Crippen molar-refractivity contribution in [3.8, 4) is 5.75 Å². The Balaban J connectivity index is 1.84. The lowest BCUT2D eigenvalue weighted by atomic mass is 10.00. The van der Waals surface area contributed by atoms with Gasteiger partial charge in [0.1, 0.15) is 17.6 Å². The predicted molar refractivity (Wildman–Crippen MR) is 136 cm³/mol. The Kier molecular flexibility index (Phi) is 9.41. The molecule has 0 aliphatic carbocycles. The number of nitrogens with one attached hydrogen (secondary N) is 2. The minimum Gasteiger partial charge on any atom is -0.497 e. The van der Waals surface area contributed by atoms with Crippen molar-refractivity contribution in [3.05, 3.63) is 54.2 Å². The van der Waals surface area contributed by atoms with E-state index in [0.29, 0.717) is 23.7 Å². The van der Waals surface area contributed by atoms with E-state index in [0.717, 1.165) is 12.8 Å². The van der Waals surface area contributed by atoms with Crippen molar-refractivity contribution in [2.75, 3.05) is 25.6 Å². The molecule has 2 heterocycles. The third-order valence-electron chi connectivity index (χ3n) is 5.73. The summed E-state index contributed by atoms with van der Waals surface area (Å²) in [4.78, 5) is 45.2. The number of rotatable bonds is 10. The second kappa shape index (κ2) is 12.5.